The lowest BCUT2D eigenvalue weighted by Crippen LogP contribution is -2.39. The lowest BCUT2D eigenvalue weighted by molar-refractivity contribution is 0.299. The quantitative estimate of drug-likeness (QED) is 0.834. The Morgan fingerprint density at radius 3 is 2.38 bits per heavy atom. The molecule has 0 amide bonds. The van der Waals surface area contributed by atoms with Crippen molar-refractivity contribution in [1.82, 2.24) is 9.78 Å². The fourth-order valence-electron chi connectivity index (χ4n) is 3.16. The molecule has 1 heterocycles. The van der Waals surface area contributed by atoms with E-state index >= 15 is 0 Å². The number of rotatable bonds is 2. The average molecular weight is 221 g/mol. The highest BCUT2D eigenvalue weighted by Crippen LogP contribution is 2.37. The average Bonchev–Trinajstić information content (AvgIpc) is 2.55. The SMILES string of the molecule is CCn1nc(C)c(C2(N)CCCCC2)c1C. The van der Waals surface area contributed by atoms with Crippen molar-refractivity contribution in [3.05, 3.63) is 17.0 Å². The molecule has 1 saturated carbocycles. The summed E-state index contributed by atoms with van der Waals surface area (Å²) < 4.78 is 2.08. The van der Waals surface area contributed by atoms with Gasteiger partial charge in [-0.05, 0) is 33.6 Å². The smallest absolute Gasteiger partial charge is 0.0647 e. The molecule has 16 heavy (non-hydrogen) atoms. The van der Waals surface area contributed by atoms with Crippen LogP contribution in [0.2, 0.25) is 0 Å². The molecule has 90 valence electrons. The molecule has 0 aromatic carbocycles. The van der Waals surface area contributed by atoms with Gasteiger partial charge in [-0.3, -0.25) is 4.68 Å². The summed E-state index contributed by atoms with van der Waals surface area (Å²) in [6.45, 7) is 7.32. The number of aryl methyl sites for hydroxylation is 2. The molecule has 0 radical (unpaired) electrons. The van der Waals surface area contributed by atoms with Crippen molar-refractivity contribution in [3.63, 3.8) is 0 Å². The Kier molecular flexibility index (Phi) is 3.06. The molecule has 0 aliphatic heterocycles. The maximum Gasteiger partial charge on any atom is 0.0647 e. The Hall–Kier alpha value is -0.830. The van der Waals surface area contributed by atoms with Crippen molar-refractivity contribution < 1.29 is 0 Å². The van der Waals surface area contributed by atoms with Gasteiger partial charge in [0.15, 0.2) is 0 Å². The maximum atomic E-state index is 6.60. The second-order valence-corrected chi connectivity index (χ2v) is 5.08. The van der Waals surface area contributed by atoms with Crippen molar-refractivity contribution in [1.29, 1.82) is 0 Å². The van der Waals surface area contributed by atoms with Gasteiger partial charge >= 0.3 is 0 Å². The number of aromatic nitrogens is 2. The predicted molar refractivity (Wildman–Crippen MR) is 66.3 cm³/mol. The molecular formula is C13H23N3. The van der Waals surface area contributed by atoms with Crippen molar-refractivity contribution in [2.45, 2.75) is 65.0 Å². The molecule has 0 atom stereocenters. The molecule has 1 fully saturated rings. The molecule has 3 nitrogen and oxygen atoms in total. The molecule has 1 aliphatic carbocycles. The number of nitrogens with two attached hydrogens (primary N) is 1. The summed E-state index contributed by atoms with van der Waals surface area (Å²) in [6.07, 6.45) is 6.08. The fraction of sp³-hybridized carbons (Fsp3) is 0.769. The van der Waals surface area contributed by atoms with Crippen LogP contribution < -0.4 is 5.73 Å². The zero-order chi connectivity index (χ0) is 11.8. The highest BCUT2D eigenvalue weighted by molar-refractivity contribution is 5.33. The highest BCUT2D eigenvalue weighted by atomic mass is 15.3. The van der Waals surface area contributed by atoms with Crippen molar-refractivity contribution in [3.8, 4) is 0 Å². The van der Waals surface area contributed by atoms with Gasteiger partial charge in [0.2, 0.25) is 0 Å². The topological polar surface area (TPSA) is 43.8 Å². The Balaban J connectivity index is 2.42. The zero-order valence-corrected chi connectivity index (χ0v) is 10.7. The molecule has 0 spiro atoms. The van der Waals surface area contributed by atoms with Gasteiger partial charge in [0.05, 0.1) is 5.69 Å². The van der Waals surface area contributed by atoms with E-state index in [0.29, 0.717) is 0 Å². The van der Waals surface area contributed by atoms with Crippen LogP contribution in [0, 0.1) is 13.8 Å². The third-order valence-electron chi connectivity index (χ3n) is 3.92. The van der Waals surface area contributed by atoms with Gasteiger partial charge in [0.25, 0.3) is 0 Å². The van der Waals surface area contributed by atoms with Crippen molar-refractivity contribution in [2.75, 3.05) is 0 Å². The largest absolute Gasteiger partial charge is 0.321 e. The second-order valence-electron chi connectivity index (χ2n) is 5.08. The van der Waals surface area contributed by atoms with Gasteiger partial charge in [0, 0.05) is 23.3 Å². The predicted octanol–water partition coefficient (Wildman–Crippen LogP) is 2.64. The third-order valence-corrected chi connectivity index (χ3v) is 3.92. The van der Waals surface area contributed by atoms with Gasteiger partial charge < -0.3 is 5.73 Å². The van der Waals surface area contributed by atoms with Gasteiger partial charge in [-0.1, -0.05) is 19.3 Å². The van der Waals surface area contributed by atoms with Crippen LogP contribution in [0.3, 0.4) is 0 Å². The third kappa shape index (κ3) is 1.77. The Morgan fingerprint density at radius 2 is 1.88 bits per heavy atom. The number of nitrogens with zero attached hydrogens (tertiary/aromatic N) is 2. The summed E-state index contributed by atoms with van der Waals surface area (Å²) in [4.78, 5) is 0. The normalized spacial score (nSPS) is 20.0. The fourth-order valence-corrected chi connectivity index (χ4v) is 3.16. The Labute approximate surface area is 98.0 Å². The molecule has 3 heteroatoms. The molecule has 2 rings (SSSR count). The molecule has 1 aliphatic rings. The minimum Gasteiger partial charge on any atom is -0.321 e. The van der Waals surface area contributed by atoms with Crippen LogP contribution >= 0.6 is 0 Å². The van der Waals surface area contributed by atoms with E-state index in [1.165, 1.54) is 30.5 Å². The molecule has 0 bridgehead atoms. The van der Waals surface area contributed by atoms with Gasteiger partial charge in [-0.15, -0.1) is 0 Å². The van der Waals surface area contributed by atoms with Crippen LogP contribution in [-0.2, 0) is 12.1 Å². The van der Waals surface area contributed by atoms with E-state index in [-0.39, 0.29) is 5.54 Å². The molecular weight excluding hydrogens is 198 g/mol. The van der Waals surface area contributed by atoms with Crippen LogP contribution in [0.15, 0.2) is 0 Å². The standard InChI is InChI=1S/C13H23N3/c1-4-16-11(3)12(10(2)15-16)13(14)8-6-5-7-9-13/h4-9,14H2,1-3H3. The lowest BCUT2D eigenvalue weighted by Gasteiger charge is -2.34. The van der Waals surface area contributed by atoms with E-state index in [4.69, 9.17) is 5.73 Å². The number of hydrogen-bond acceptors (Lipinski definition) is 2. The first-order chi connectivity index (χ1) is 7.58. The highest BCUT2D eigenvalue weighted by Gasteiger charge is 2.34. The van der Waals surface area contributed by atoms with Gasteiger partial charge in [0.1, 0.15) is 0 Å². The maximum absolute atomic E-state index is 6.60. The first-order valence-corrected chi connectivity index (χ1v) is 6.42. The van der Waals surface area contributed by atoms with Crippen molar-refractivity contribution in [2.24, 2.45) is 5.73 Å². The zero-order valence-electron chi connectivity index (χ0n) is 10.7. The van der Waals surface area contributed by atoms with Crippen LogP contribution in [-0.4, -0.2) is 9.78 Å². The Bertz CT molecular complexity index is 373. The minimum atomic E-state index is -0.111. The van der Waals surface area contributed by atoms with E-state index in [2.05, 4.69) is 30.6 Å². The molecule has 0 unspecified atom stereocenters. The van der Waals surface area contributed by atoms with E-state index < -0.39 is 0 Å². The second kappa shape index (κ2) is 4.21. The van der Waals surface area contributed by atoms with Gasteiger partial charge in [-0.25, -0.2) is 0 Å². The van der Waals surface area contributed by atoms with Crippen LogP contribution in [0.4, 0.5) is 0 Å². The summed E-state index contributed by atoms with van der Waals surface area (Å²) in [6, 6.07) is 0. The number of hydrogen-bond donors (Lipinski definition) is 1. The van der Waals surface area contributed by atoms with Crippen LogP contribution in [0.5, 0.6) is 0 Å². The summed E-state index contributed by atoms with van der Waals surface area (Å²) >= 11 is 0. The monoisotopic (exact) mass is 221 g/mol. The molecule has 0 saturated heterocycles. The lowest BCUT2D eigenvalue weighted by atomic mass is 9.76. The van der Waals surface area contributed by atoms with Crippen LogP contribution in [0.25, 0.3) is 0 Å². The summed E-state index contributed by atoms with van der Waals surface area (Å²) in [5.41, 5.74) is 10.2. The van der Waals surface area contributed by atoms with Crippen LogP contribution in [0.1, 0.15) is 56.0 Å². The van der Waals surface area contributed by atoms with E-state index in [9.17, 15) is 0 Å². The molecule has 1 aromatic rings. The minimum absolute atomic E-state index is 0.111. The Morgan fingerprint density at radius 1 is 1.25 bits per heavy atom. The van der Waals surface area contributed by atoms with E-state index in [0.717, 1.165) is 25.1 Å². The van der Waals surface area contributed by atoms with Crippen molar-refractivity contribution >= 4 is 0 Å². The van der Waals surface area contributed by atoms with E-state index in [1.807, 2.05) is 0 Å². The van der Waals surface area contributed by atoms with Gasteiger partial charge in [-0.2, -0.15) is 5.10 Å². The summed E-state index contributed by atoms with van der Waals surface area (Å²) in [5, 5.41) is 4.59. The summed E-state index contributed by atoms with van der Waals surface area (Å²) in [7, 11) is 0. The molecule has 2 N–H and O–H groups in total. The summed E-state index contributed by atoms with van der Waals surface area (Å²) in [5.74, 6) is 0. The first kappa shape index (κ1) is 11.6. The first-order valence-electron chi connectivity index (χ1n) is 6.42. The van der Waals surface area contributed by atoms with E-state index in [1.54, 1.807) is 0 Å². The molecule has 1 aromatic heterocycles.